The zero-order chi connectivity index (χ0) is 11.8. The summed E-state index contributed by atoms with van der Waals surface area (Å²) in [5.41, 5.74) is 7.07. The highest BCUT2D eigenvalue weighted by atomic mass is 16.5. The zero-order valence-electron chi connectivity index (χ0n) is 9.86. The molecule has 0 aliphatic heterocycles. The molecule has 1 unspecified atom stereocenters. The van der Waals surface area contributed by atoms with Gasteiger partial charge in [0.05, 0.1) is 6.61 Å². The van der Waals surface area contributed by atoms with Crippen molar-refractivity contribution in [1.29, 1.82) is 0 Å². The predicted octanol–water partition coefficient (Wildman–Crippen LogP) is 2.25. The van der Waals surface area contributed by atoms with Gasteiger partial charge in [0, 0.05) is 18.2 Å². The summed E-state index contributed by atoms with van der Waals surface area (Å²) in [6.07, 6.45) is 2.55. The number of ether oxygens (including phenoxy) is 1. The standard InChI is InChI=1S/C13H21NO2/c1-2-12(14)11-7-3-4-8-13(11)16-10-6-5-9-15/h3-4,7-8,12,15H,2,5-6,9-10,14H2,1H3. The monoisotopic (exact) mass is 223 g/mol. The first-order valence-corrected chi connectivity index (χ1v) is 5.87. The molecular formula is C13H21NO2. The summed E-state index contributed by atoms with van der Waals surface area (Å²) in [6.45, 7) is 2.92. The Morgan fingerprint density at radius 2 is 2.06 bits per heavy atom. The topological polar surface area (TPSA) is 55.5 Å². The van der Waals surface area contributed by atoms with Crippen LogP contribution in [0.5, 0.6) is 5.75 Å². The van der Waals surface area contributed by atoms with Gasteiger partial charge in [-0.05, 0) is 25.3 Å². The number of hydrogen-bond acceptors (Lipinski definition) is 3. The Kier molecular flexibility index (Phi) is 5.90. The maximum atomic E-state index is 8.67. The molecule has 0 spiro atoms. The van der Waals surface area contributed by atoms with E-state index in [1.54, 1.807) is 0 Å². The quantitative estimate of drug-likeness (QED) is 0.697. The molecule has 0 amide bonds. The summed E-state index contributed by atoms with van der Waals surface area (Å²) < 4.78 is 5.67. The van der Waals surface area contributed by atoms with Gasteiger partial charge in [0.25, 0.3) is 0 Å². The second-order valence-electron chi connectivity index (χ2n) is 3.83. The number of para-hydroxylation sites is 1. The molecule has 0 saturated heterocycles. The van der Waals surface area contributed by atoms with Crippen molar-refractivity contribution in [3.63, 3.8) is 0 Å². The van der Waals surface area contributed by atoms with Crippen molar-refractivity contribution in [3.05, 3.63) is 29.8 Å². The largest absolute Gasteiger partial charge is 0.493 e. The molecule has 1 aromatic rings. The lowest BCUT2D eigenvalue weighted by molar-refractivity contribution is 0.251. The average molecular weight is 223 g/mol. The molecule has 3 heteroatoms. The molecule has 0 aromatic heterocycles. The molecule has 0 fully saturated rings. The van der Waals surface area contributed by atoms with Crippen LogP contribution in [0.3, 0.4) is 0 Å². The summed E-state index contributed by atoms with van der Waals surface area (Å²) >= 11 is 0. The number of unbranched alkanes of at least 4 members (excludes halogenated alkanes) is 1. The lowest BCUT2D eigenvalue weighted by atomic mass is 10.0. The van der Waals surface area contributed by atoms with Gasteiger partial charge < -0.3 is 15.6 Å². The Bertz CT molecular complexity index is 302. The van der Waals surface area contributed by atoms with Gasteiger partial charge in [-0.3, -0.25) is 0 Å². The van der Waals surface area contributed by atoms with E-state index < -0.39 is 0 Å². The highest BCUT2D eigenvalue weighted by molar-refractivity contribution is 5.35. The number of hydrogen-bond donors (Lipinski definition) is 2. The first kappa shape index (κ1) is 13.0. The van der Waals surface area contributed by atoms with Crippen LogP contribution >= 0.6 is 0 Å². The molecule has 0 aliphatic carbocycles. The van der Waals surface area contributed by atoms with E-state index >= 15 is 0 Å². The van der Waals surface area contributed by atoms with Crippen LogP contribution in [0, 0.1) is 0 Å². The Balaban J connectivity index is 2.57. The highest BCUT2D eigenvalue weighted by Gasteiger charge is 2.09. The molecule has 3 N–H and O–H groups in total. The minimum atomic E-state index is 0.0361. The van der Waals surface area contributed by atoms with E-state index in [9.17, 15) is 0 Å². The minimum absolute atomic E-state index is 0.0361. The van der Waals surface area contributed by atoms with Crippen molar-refractivity contribution in [2.45, 2.75) is 32.2 Å². The number of nitrogens with two attached hydrogens (primary N) is 1. The molecule has 3 nitrogen and oxygen atoms in total. The van der Waals surface area contributed by atoms with Gasteiger partial charge >= 0.3 is 0 Å². The van der Waals surface area contributed by atoms with Gasteiger partial charge in [-0.25, -0.2) is 0 Å². The van der Waals surface area contributed by atoms with Gasteiger partial charge in [-0.15, -0.1) is 0 Å². The van der Waals surface area contributed by atoms with Crippen LogP contribution in [0.1, 0.15) is 37.8 Å². The Hall–Kier alpha value is -1.06. The maximum absolute atomic E-state index is 8.67. The van der Waals surface area contributed by atoms with Crippen molar-refractivity contribution < 1.29 is 9.84 Å². The van der Waals surface area contributed by atoms with E-state index in [-0.39, 0.29) is 12.6 Å². The molecule has 0 saturated carbocycles. The third kappa shape index (κ3) is 3.83. The fraction of sp³-hybridized carbons (Fsp3) is 0.538. The molecule has 0 heterocycles. The third-order valence-corrected chi connectivity index (χ3v) is 2.57. The first-order valence-electron chi connectivity index (χ1n) is 5.87. The molecular weight excluding hydrogens is 202 g/mol. The average Bonchev–Trinajstić information content (AvgIpc) is 2.34. The fourth-order valence-electron chi connectivity index (χ4n) is 1.53. The molecule has 16 heavy (non-hydrogen) atoms. The SMILES string of the molecule is CCC(N)c1ccccc1OCCCCO. The van der Waals surface area contributed by atoms with E-state index in [2.05, 4.69) is 6.92 Å². The summed E-state index contributed by atoms with van der Waals surface area (Å²) in [6, 6.07) is 7.92. The fourth-order valence-corrected chi connectivity index (χ4v) is 1.53. The number of rotatable bonds is 7. The molecule has 1 aromatic carbocycles. The van der Waals surface area contributed by atoms with Gasteiger partial charge in [-0.1, -0.05) is 25.1 Å². The second kappa shape index (κ2) is 7.25. The van der Waals surface area contributed by atoms with Crippen LogP contribution < -0.4 is 10.5 Å². The molecule has 0 bridgehead atoms. The van der Waals surface area contributed by atoms with E-state index in [1.807, 2.05) is 24.3 Å². The van der Waals surface area contributed by atoms with Crippen LogP contribution in [-0.2, 0) is 0 Å². The van der Waals surface area contributed by atoms with E-state index in [0.717, 1.165) is 30.6 Å². The van der Waals surface area contributed by atoms with E-state index in [1.165, 1.54) is 0 Å². The molecule has 1 rings (SSSR count). The van der Waals surface area contributed by atoms with Crippen molar-refractivity contribution in [2.24, 2.45) is 5.73 Å². The predicted molar refractivity (Wildman–Crippen MR) is 65.5 cm³/mol. The number of aliphatic hydroxyl groups excluding tert-OH is 1. The van der Waals surface area contributed by atoms with Crippen LogP contribution in [0.2, 0.25) is 0 Å². The summed E-state index contributed by atoms with van der Waals surface area (Å²) in [4.78, 5) is 0. The first-order chi connectivity index (χ1) is 7.79. The van der Waals surface area contributed by atoms with Gasteiger partial charge in [0.15, 0.2) is 0 Å². The second-order valence-corrected chi connectivity index (χ2v) is 3.83. The Morgan fingerprint density at radius 3 is 2.75 bits per heavy atom. The molecule has 1 atom stereocenters. The van der Waals surface area contributed by atoms with Crippen LogP contribution in [0.25, 0.3) is 0 Å². The maximum Gasteiger partial charge on any atom is 0.124 e. The summed E-state index contributed by atoms with van der Waals surface area (Å²) in [7, 11) is 0. The summed E-state index contributed by atoms with van der Waals surface area (Å²) in [5.74, 6) is 0.870. The van der Waals surface area contributed by atoms with Gasteiger partial charge in [0.1, 0.15) is 5.75 Å². The Morgan fingerprint density at radius 1 is 1.31 bits per heavy atom. The van der Waals surface area contributed by atoms with E-state index in [0.29, 0.717) is 6.61 Å². The lowest BCUT2D eigenvalue weighted by Gasteiger charge is -2.15. The smallest absolute Gasteiger partial charge is 0.124 e. The third-order valence-electron chi connectivity index (χ3n) is 2.57. The van der Waals surface area contributed by atoms with Gasteiger partial charge in [-0.2, -0.15) is 0 Å². The van der Waals surface area contributed by atoms with Crippen LogP contribution in [-0.4, -0.2) is 18.3 Å². The van der Waals surface area contributed by atoms with Crippen LogP contribution in [0.15, 0.2) is 24.3 Å². The number of benzene rings is 1. The number of aliphatic hydroxyl groups is 1. The van der Waals surface area contributed by atoms with Crippen molar-refractivity contribution in [1.82, 2.24) is 0 Å². The van der Waals surface area contributed by atoms with Crippen molar-refractivity contribution in [3.8, 4) is 5.75 Å². The van der Waals surface area contributed by atoms with Gasteiger partial charge in [0.2, 0.25) is 0 Å². The van der Waals surface area contributed by atoms with Crippen molar-refractivity contribution >= 4 is 0 Å². The normalized spacial score (nSPS) is 12.4. The zero-order valence-corrected chi connectivity index (χ0v) is 9.86. The molecule has 0 radical (unpaired) electrons. The molecule has 90 valence electrons. The van der Waals surface area contributed by atoms with E-state index in [4.69, 9.17) is 15.6 Å². The lowest BCUT2D eigenvalue weighted by Crippen LogP contribution is -2.11. The van der Waals surface area contributed by atoms with Crippen molar-refractivity contribution in [2.75, 3.05) is 13.2 Å². The Labute approximate surface area is 97.2 Å². The summed E-state index contributed by atoms with van der Waals surface area (Å²) in [5, 5.41) is 8.67. The highest BCUT2D eigenvalue weighted by Crippen LogP contribution is 2.25. The van der Waals surface area contributed by atoms with Crippen LogP contribution in [0.4, 0.5) is 0 Å². The minimum Gasteiger partial charge on any atom is -0.493 e. The molecule has 0 aliphatic rings.